The van der Waals surface area contributed by atoms with Crippen molar-refractivity contribution in [1.29, 1.82) is 0 Å². The van der Waals surface area contributed by atoms with Crippen molar-refractivity contribution in [3.05, 3.63) is 16.3 Å². The van der Waals surface area contributed by atoms with Gasteiger partial charge in [0, 0.05) is 18.0 Å². The highest BCUT2D eigenvalue weighted by molar-refractivity contribution is 7.98. The van der Waals surface area contributed by atoms with Gasteiger partial charge in [0.05, 0.1) is 0 Å². The van der Waals surface area contributed by atoms with Gasteiger partial charge in [-0.25, -0.2) is 0 Å². The highest BCUT2D eigenvalue weighted by Crippen LogP contribution is 2.26. The predicted octanol–water partition coefficient (Wildman–Crippen LogP) is 2.61. The van der Waals surface area contributed by atoms with E-state index in [4.69, 9.17) is 5.11 Å². The van der Waals surface area contributed by atoms with Crippen molar-refractivity contribution in [3.63, 3.8) is 0 Å². The Balaban J connectivity index is 2.56. The van der Waals surface area contributed by atoms with E-state index in [9.17, 15) is 4.79 Å². The van der Waals surface area contributed by atoms with Gasteiger partial charge in [-0.2, -0.15) is 0 Å². The molecule has 1 heterocycles. The Morgan fingerprint density at radius 3 is 2.88 bits per heavy atom. The molecule has 0 aliphatic heterocycles. The summed E-state index contributed by atoms with van der Waals surface area (Å²) in [5.41, 5.74) is -0.0683. The maximum atomic E-state index is 12.0. The van der Waals surface area contributed by atoms with E-state index in [0.717, 1.165) is 9.77 Å². The number of nitrogens with one attached hydrogen (secondary N) is 1. The first-order valence-electron chi connectivity index (χ1n) is 5.51. The fraction of sp³-hybridized carbons (Fsp3) is 0.583. The molecule has 0 saturated heterocycles. The summed E-state index contributed by atoms with van der Waals surface area (Å²) in [4.78, 5) is 13.8. The summed E-state index contributed by atoms with van der Waals surface area (Å²) in [6.07, 6.45) is 2.65. The minimum absolute atomic E-state index is 0.0182. The Hall–Kier alpha value is -0.520. The zero-order valence-corrected chi connectivity index (χ0v) is 12.1. The average molecular weight is 273 g/mol. The maximum Gasteiger partial charge on any atom is 0.262 e. The minimum atomic E-state index is -0.0683. The molecule has 1 amide bonds. The molecule has 0 fully saturated rings. The van der Waals surface area contributed by atoms with Crippen LogP contribution in [-0.2, 0) is 0 Å². The van der Waals surface area contributed by atoms with Gasteiger partial charge >= 0.3 is 0 Å². The van der Waals surface area contributed by atoms with E-state index in [-0.39, 0.29) is 17.9 Å². The van der Waals surface area contributed by atoms with Gasteiger partial charge in [-0.15, -0.1) is 23.1 Å². The molecule has 0 saturated carbocycles. The quantitative estimate of drug-likeness (QED) is 0.783. The van der Waals surface area contributed by atoms with Gasteiger partial charge < -0.3 is 10.4 Å². The molecule has 1 rings (SSSR count). The third-order valence-electron chi connectivity index (χ3n) is 2.57. The van der Waals surface area contributed by atoms with Crippen molar-refractivity contribution in [3.8, 4) is 0 Å². The van der Waals surface area contributed by atoms with Gasteiger partial charge in [-0.3, -0.25) is 4.79 Å². The number of carbonyl (C=O) groups is 1. The monoisotopic (exact) mass is 273 g/mol. The van der Waals surface area contributed by atoms with Crippen LogP contribution in [0.5, 0.6) is 0 Å². The summed E-state index contributed by atoms with van der Waals surface area (Å²) in [5.74, 6) is -0.0182. The van der Waals surface area contributed by atoms with Crippen molar-refractivity contribution in [2.45, 2.75) is 25.2 Å². The van der Waals surface area contributed by atoms with Crippen LogP contribution >= 0.6 is 23.1 Å². The van der Waals surface area contributed by atoms with E-state index in [1.165, 1.54) is 11.3 Å². The van der Waals surface area contributed by atoms with Crippen molar-refractivity contribution in [1.82, 2.24) is 5.32 Å². The summed E-state index contributed by atoms with van der Waals surface area (Å²) in [6, 6.07) is 1.96. The molecule has 1 aromatic rings. The number of hydrogen-bond acceptors (Lipinski definition) is 4. The molecule has 96 valence electrons. The predicted molar refractivity (Wildman–Crippen MR) is 73.9 cm³/mol. The fourth-order valence-electron chi connectivity index (χ4n) is 1.41. The number of hydrogen-bond donors (Lipinski definition) is 2. The van der Waals surface area contributed by atoms with Crippen LogP contribution in [0, 0.1) is 5.41 Å². The lowest BCUT2D eigenvalue weighted by atomic mass is 9.90. The summed E-state index contributed by atoms with van der Waals surface area (Å²) in [5, 5.41) is 13.8. The lowest BCUT2D eigenvalue weighted by Gasteiger charge is -2.23. The lowest BCUT2D eigenvalue weighted by Crippen LogP contribution is -2.34. The summed E-state index contributed by atoms with van der Waals surface area (Å²) in [6.45, 7) is 4.80. The number of aliphatic hydroxyl groups is 1. The molecule has 0 aliphatic carbocycles. The number of carbonyl (C=O) groups excluding carboxylic acids is 1. The second-order valence-electron chi connectivity index (χ2n) is 4.64. The van der Waals surface area contributed by atoms with Crippen LogP contribution in [-0.4, -0.2) is 30.4 Å². The Morgan fingerprint density at radius 1 is 1.59 bits per heavy atom. The second kappa shape index (κ2) is 6.42. The van der Waals surface area contributed by atoms with Crippen molar-refractivity contribution < 1.29 is 9.90 Å². The number of rotatable bonds is 6. The molecule has 0 spiro atoms. The molecule has 17 heavy (non-hydrogen) atoms. The second-order valence-corrected chi connectivity index (χ2v) is 6.40. The third-order valence-corrected chi connectivity index (χ3v) is 4.39. The average Bonchev–Trinajstić information content (AvgIpc) is 2.74. The van der Waals surface area contributed by atoms with Crippen LogP contribution in [0.1, 0.15) is 29.9 Å². The standard InChI is InChI=1S/C12H19NO2S2/c1-12(2,5-6-14)8-13-11(15)10-9(16-3)4-7-17-10/h4,7,14H,5-6,8H2,1-3H3,(H,13,15). The van der Waals surface area contributed by atoms with E-state index < -0.39 is 0 Å². The van der Waals surface area contributed by atoms with E-state index in [1.807, 2.05) is 31.5 Å². The molecule has 0 radical (unpaired) electrons. The Morgan fingerprint density at radius 2 is 2.29 bits per heavy atom. The Labute approximate surface area is 111 Å². The molecule has 5 heteroatoms. The van der Waals surface area contributed by atoms with E-state index >= 15 is 0 Å². The normalized spacial score (nSPS) is 11.5. The van der Waals surface area contributed by atoms with E-state index in [2.05, 4.69) is 5.32 Å². The van der Waals surface area contributed by atoms with Gasteiger partial charge in [-0.1, -0.05) is 13.8 Å². The number of aliphatic hydroxyl groups excluding tert-OH is 1. The zero-order chi connectivity index (χ0) is 12.9. The highest BCUT2D eigenvalue weighted by atomic mass is 32.2. The first kappa shape index (κ1) is 14.5. The molecule has 0 unspecified atom stereocenters. The van der Waals surface area contributed by atoms with Crippen molar-refractivity contribution in [2.24, 2.45) is 5.41 Å². The number of thiophene rings is 1. The number of amides is 1. The summed E-state index contributed by atoms with van der Waals surface area (Å²) in [7, 11) is 0. The van der Waals surface area contributed by atoms with Gasteiger partial charge in [0.25, 0.3) is 5.91 Å². The Bertz CT molecular complexity index is 374. The van der Waals surface area contributed by atoms with Crippen LogP contribution in [0.2, 0.25) is 0 Å². The van der Waals surface area contributed by atoms with Crippen molar-refractivity contribution >= 4 is 29.0 Å². The van der Waals surface area contributed by atoms with Gasteiger partial charge in [0.2, 0.25) is 0 Å². The van der Waals surface area contributed by atoms with Crippen LogP contribution < -0.4 is 5.32 Å². The van der Waals surface area contributed by atoms with Gasteiger partial charge in [-0.05, 0) is 29.5 Å². The highest BCUT2D eigenvalue weighted by Gasteiger charge is 2.20. The first-order valence-corrected chi connectivity index (χ1v) is 7.61. The zero-order valence-electron chi connectivity index (χ0n) is 10.4. The fourth-order valence-corrected chi connectivity index (χ4v) is 3.08. The maximum absolute atomic E-state index is 12.0. The van der Waals surface area contributed by atoms with Crippen molar-refractivity contribution in [2.75, 3.05) is 19.4 Å². The molecule has 0 aliphatic rings. The lowest BCUT2D eigenvalue weighted by molar-refractivity contribution is 0.0929. The molecular weight excluding hydrogens is 254 g/mol. The number of thioether (sulfide) groups is 1. The Kier molecular flexibility index (Phi) is 5.49. The van der Waals surface area contributed by atoms with Crippen LogP contribution in [0.15, 0.2) is 16.3 Å². The molecule has 3 nitrogen and oxygen atoms in total. The summed E-state index contributed by atoms with van der Waals surface area (Å²) >= 11 is 3.05. The van der Waals surface area contributed by atoms with E-state index in [0.29, 0.717) is 13.0 Å². The van der Waals surface area contributed by atoms with E-state index in [1.54, 1.807) is 11.8 Å². The topological polar surface area (TPSA) is 49.3 Å². The third kappa shape index (κ3) is 4.33. The van der Waals surface area contributed by atoms with Gasteiger partial charge in [0.1, 0.15) is 4.88 Å². The molecule has 0 atom stereocenters. The molecule has 2 N–H and O–H groups in total. The first-order chi connectivity index (χ1) is 8.00. The van der Waals surface area contributed by atoms with Crippen LogP contribution in [0.3, 0.4) is 0 Å². The van der Waals surface area contributed by atoms with Crippen LogP contribution in [0.25, 0.3) is 0 Å². The smallest absolute Gasteiger partial charge is 0.262 e. The molecule has 0 aromatic carbocycles. The van der Waals surface area contributed by atoms with Gasteiger partial charge in [0.15, 0.2) is 0 Å². The SMILES string of the molecule is CSc1ccsc1C(=O)NCC(C)(C)CCO. The molecule has 1 aromatic heterocycles. The summed E-state index contributed by atoms with van der Waals surface area (Å²) < 4.78 is 0. The largest absolute Gasteiger partial charge is 0.396 e. The van der Waals surface area contributed by atoms with Crippen LogP contribution in [0.4, 0.5) is 0 Å². The molecule has 0 bridgehead atoms. The minimum Gasteiger partial charge on any atom is -0.396 e. The molecular formula is C12H19NO2S2.